The van der Waals surface area contributed by atoms with E-state index in [2.05, 4.69) is 20.6 Å². The summed E-state index contributed by atoms with van der Waals surface area (Å²) in [4.78, 5) is 44.6. The molecule has 11 heteroatoms. The number of hydrogen-bond donors (Lipinski definition) is 4. The third kappa shape index (κ3) is 5.29. The molecule has 2 unspecified atom stereocenters. The topological polar surface area (TPSA) is 154 Å². The number of carbonyl (C=O) groups excluding carboxylic acids is 1. The van der Waals surface area contributed by atoms with E-state index >= 15 is 0 Å². The van der Waals surface area contributed by atoms with Crippen molar-refractivity contribution in [3.63, 3.8) is 0 Å². The maximum Gasteiger partial charge on any atom is 0.408 e. The molecule has 3 aromatic rings. The second kappa shape index (κ2) is 10.1. The first-order valence-corrected chi connectivity index (χ1v) is 10.7. The average Bonchev–Trinajstić information content (AvgIpc) is 3.29. The highest BCUT2D eigenvalue weighted by Crippen LogP contribution is 2.29. The van der Waals surface area contributed by atoms with E-state index in [1.54, 1.807) is 37.4 Å². The van der Waals surface area contributed by atoms with Crippen LogP contribution in [0.2, 0.25) is 0 Å². The van der Waals surface area contributed by atoms with Crippen molar-refractivity contribution < 1.29 is 29.3 Å². The summed E-state index contributed by atoms with van der Waals surface area (Å²) in [6.07, 6.45) is 0.122. The summed E-state index contributed by atoms with van der Waals surface area (Å²) < 4.78 is 5.40. The molecule has 1 aliphatic rings. The number of amides is 2. The number of benzene rings is 2. The Morgan fingerprint density at radius 3 is 2.46 bits per heavy atom. The van der Waals surface area contributed by atoms with Gasteiger partial charge in [-0.15, -0.1) is 0 Å². The number of aromatic nitrogens is 2. The number of rotatable bonds is 7. The number of para-hydroxylation sites is 1. The van der Waals surface area contributed by atoms with Gasteiger partial charge in [0.25, 0.3) is 5.91 Å². The third-order valence-corrected chi connectivity index (χ3v) is 5.64. The SMILES string of the molecule is COc1ccccc1-c1cc(Nc2ccc(C(=O)NC3CC(C(=O)O)N(C(=O)O)C3)cc2)ncn1. The number of nitrogens with one attached hydrogen (secondary N) is 2. The van der Waals surface area contributed by atoms with Gasteiger partial charge in [-0.05, 0) is 36.4 Å². The minimum Gasteiger partial charge on any atom is -0.496 e. The van der Waals surface area contributed by atoms with Crippen LogP contribution in [0.1, 0.15) is 16.8 Å². The van der Waals surface area contributed by atoms with Gasteiger partial charge in [0, 0.05) is 41.9 Å². The molecule has 1 aliphatic heterocycles. The summed E-state index contributed by atoms with van der Waals surface area (Å²) in [5.74, 6) is -0.412. The Morgan fingerprint density at radius 1 is 1.06 bits per heavy atom. The molecule has 2 heterocycles. The molecule has 35 heavy (non-hydrogen) atoms. The molecule has 2 amide bonds. The number of carboxylic acid groups (broad SMARTS) is 2. The Balaban J connectivity index is 1.41. The molecule has 0 radical (unpaired) electrons. The quantitative estimate of drug-likeness (QED) is 0.402. The van der Waals surface area contributed by atoms with E-state index in [1.807, 2.05) is 24.3 Å². The number of carboxylic acids is 1. The summed E-state index contributed by atoms with van der Waals surface area (Å²) in [5.41, 5.74) is 2.55. The van der Waals surface area contributed by atoms with Gasteiger partial charge < -0.3 is 25.6 Å². The monoisotopic (exact) mass is 477 g/mol. The number of hydrogen-bond acceptors (Lipinski definition) is 7. The summed E-state index contributed by atoms with van der Waals surface area (Å²) in [6, 6.07) is 14.2. The highest BCUT2D eigenvalue weighted by molar-refractivity contribution is 5.95. The smallest absolute Gasteiger partial charge is 0.408 e. The van der Waals surface area contributed by atoms with Crippen molar-refractivity contribution in [2.24, 2.45) is 0 Å². The lowest BCUT2D eigenvalue weighted by Gasteiger charge is -2.16. The second-order valence-corrected chi connectivity index (χ2v) is 7.89. The molecular formula is C24H23N5O6. The Labute approximate surface area is 200 Å². The molecule has 1 saturated heterocycles. The van der Waals surface area contributed by atoms with E-state index in [1.165, 1.54) is 6.33 Å². The zero-order valence-corrected chi connectivity index (χ0v) is 18.7. The normalized spacial score (nSPS) is 17.0. The van der Waals surface area contributed by atoms with Crippen molar-refractivity contribution in [2.45, 2.75) is 18.5 Å². The molecule has 1 fully saturated rings. The fraction of sp³-hybridized carbons (Fsp3) is 0.208. The van der Waals surface area contributed by atoms with Crippen molar-refractivity contribution in [3.05, 3.63) is 66.5 Å². The van der Waals surface area contributed by atoms with E-state index in [-0.39, 0.29) is 13.0 Å². The van der Waals surface area contributed by atoms with E-state index in [9.17, 15) is 24.6 Å². The molecule has 2 aromatic carbocycles. The van der Waals surface area contributed by atoms with Crippen molar-refractivity contribution in [2.75, 3.05) is 19.0 Å². The van der Waals surface area contributed by atoms with E-state index in [4.69, 9.17) is 4.74 Å². The average molecular weight is 477 g/mol. The minimum absolute atomic E-state index is 0.00918. The largest absolute Gasteiger partial charge is 0.496 e. The number of likely N-dealkylation sites (tertiary alicyclic amines) is 1. The Hall–Kier alpha value is -4.67. The number of carbonyl (C=O) groups is 3. The van der Waals surface area contributed by atoms with Crippen LogP contribution in [0.4, 0.5) is 16.3 Å². The predicted octanol–water partition coefficient (Wildman–Crippen LogP) is 2.83. The van der Waals surface area contributed by atoms with Crippen molar-refractivity contribution >= 4 is 29.5 Å². The van der Waals surface area contributed by atoms with Crippen LogP contribution < -0.4 is 15.4 Å². The molecule has 180 valence electrons. The van der Waals surface area contributed by atoms with Crippen LogP contribution in [0.5, 0.6) is 5.75 Å². The van der Waals surface area contributed by atoms with Crippen LogP contribution in [0.25, 0.3) is 11.3 Å². The van der Waals surface area contributed by atoms with Gasteiger partial charge in [0.2, 0.25) is 0 Å². The number of aliphatic carboxylic acids is 1. The first kappa shape index (κ1) is 23.5. The van der Waals surface area contributed by atoms with Gasteiger partial charge in [0.1, 0.15) is 23.9 Å². The zero-order valence-electron chi connectivity index (χ0n) is 18.7. The molecule has 0 bridgehead atoms. The molecule has 1 aromatic heterocycles. The first-order valence-electron chi connectivity index (χ1n) is 10.7. The predicted molar refractivity (Wildman–Crippen MR) is 126 cm³/mol. The van der Waals surface area contributed by atoms with Crippen molar-refractivity contribution in [3.8, 4) is 17.0 Å². The molecule has 0 saturated carbocycles. The highest BCUT2D eigenvalue weighted by atomic mass is 16.5. The summed E-state index contributed by atoms with van der Waals surface area (Å²) >= 11 is 0. The third-order valence-electron chi connectivity index (χ3n) is 5.64. The maximum absolute atomic E-state index is 12.6. The van der Waals surface area contributed by atoms with Crippen molar-refractivity contribution in [1.29, 1.82) is 0 Å². The van der Waals surface area contributed by atoms with Gasteiger partial charge >= 0.3 is 12.1 Å². The van der Waals surface area contributed by atoms with E-state index in [0.29, 0.717) is 28.5 Å². The first-order chi connectivity index (χ1) is 16.9. The van der Waals surface area contributed by atoms with E-state index < -0.39 is 30.1 Å². The molecule has 0 spiro atoms. The Morgan fingerprint density at radius 2 is 1.80 bits per heavy atom. The standard InChI is InChI=1S/C24H23N5O6/c1-35-20-5-3-2-4-17(20)18-11-21(26-13-25-18)27-15-8-6-14(7-9-15)22(30)28-16-10-19(23(31)32)29(12-16)24(33)34/h2-9,11,13,16,19H,10,12H2,1H3,(H,28,30)(H,31,32)(H,33,34)(H,25,26,27). The van der Waals surface area contributed by atoms with Crippen LogP contribution in [0, 0.1) is 0 Å². The molecule has 2 atom stereocenters. The van der Waals surface area contributed by atoms with Crippen LogP contribution in [-0.2, 0) is 4.79 Å². The van der Waals surface area contributed by atoms with Gasteiger partial charge in [-0.2, -0.15) is 0 Å². The van der Waals surface area contributed by atoms with Gasteiger partial charge in [0.05, 0.1) is 12.8 Å². The molecule has 4 N–H and O–H groups in total. The van der Waals surface area contributed by atoms with Gasteiger partial charge in [-0.3, -0.25) is 9.69 Å². The lowest BCUT2D eigenvalue weighted by atomic mass is 10.1. The number of methoxy groups -OCH3 is 1. The Bertz CT molecular complexity index is 1230. The zero-order chi connectivity index (χ0) is 24.9. The second-order valence-electron chi connectivity index (χ2n) is 7.89. The van der Waals surface area contributed by atoms with Crippen LogP contribution in [-0.4, -0.2) is 68.8 Å². The van der Waals surface area contributed by atoms with Crippen LogP contribution in [0.3, 0.4) is 0 Å². The minimum atomic E-state index is -1.33. The molecular weight excluding hydrogens is 454 g/mol. The Kier molecular flexibility index (Phi) is 6.76. The molecule has 11 nitrogen and oxygen atoms in total. The number of ether oxygens (including phenoxy) is 1. The molecule has 0 aliphatic carbocycles. The maximum atomic E-state index is 12.6. The van der Waals surface area contributed by atoms with Crippen molar-refractivity contribution in [1.82, 2.24) is 20.2 Å². The molecule has 4 rings (SSSR count). The van der Waals surface area contributed by atoms with Gasteiger partial charge in [-0.1, -0.05) is 12.1 Å². The summed E-state index contributed by atoms with van der Waals surface area (Å²) in [5, 5.41) is 24.3. The lowest BCUT2D eigenvalue weighted by molar-refractivity contribution is -0.141. The fourth-order valence-corrected chi connectivity index (χ4v) is 3.94. The summed E-state index contributed by atoms with van der Waals surface area (Å²) in [6.45, 7) is -0.0834. The van der Waals surface area contributed by atoms with Gasteiger partial charge in [-0.25, -0.2) is 19.6 Å². The summed E-state index contributed by atoms with van der Waals surface area (Å²) in [7, 11) is 1.59. The van der Waals surface area contributed by atoms with Gasteiger partial charge in [0.15, 0.2) is 0 Å². The fourth-order valence-electron chi connectivity index (χ4n) is 3.94. The van der Waals surface area contributed by atoms with E-state index in [0.717, 1.165) is 10.5 Å². The highest BCUT2D eigenvalue weighted by Gasteiger charge is 2.40. The number of nitrogens with zero attached hydrogens (tertiary/aromatic N) is 3. The van der Waals surface area contributed by atoms with Crippen LogP contribution >= 0.6 is 0 Å². The van der Waals surface area contributed by atoms with Crippen LogP contribution in [0.15, 0.2) is 60.9 Å². The lowest BCUT2D eigenvalue weighted by Crippen LogP contribution is -2.40. The number of anilines is 2.